The number of aryl methyl sites for hydroxylation is 4. The average Bonchev–Trinajstić information content (AvgIpc) is 2.96. The first-order valence-corrected chi connectivity index (χ1v) is 7.81. The predicted octanol–water partition coefficient (Wildman–Crippen LogP) is 2.54. The van der Waals surface area contributed by atoms with Crippen molar-refractivity contribution in [1.29, 1.82) is 0 Å². The van der Waals surface area contributed by atoms with E-state index in [1.165, 1.54) is 11.3 Å². The first kappa shape index (κ1) is 15.8. The van der Waals surface area contributed by atoms with Gasteiger partial charge in [-0.1, -0.05) is 27.7 Å². The highest BCUT2D eigenvalue weighted by Gasteiger charge is 2.18. The lowest BCUT2D eigenvalue weighted by Crippen LogP contribution is -2.23. The van der Waals surface area contributed by atoms with Crippen molar-refractivity contribution in [3.8, 4) is 5.82 Å². The van der Waals surface area contributed by atoms with Gasteiger partial charge in [0.1, 0.15) is 0 Å². The minimum absolute atomic E-state index is 0.451. The second kappa shape index (κ2) is 6.43. The molecule has 0 spiro atoms. The summed E-state index contributed by atoms with van der Waals surface area (Å²) >= 11 is 0. The monoisotopic (exact) mass is 289 g/mol. The predicted molar refractivity (Wildman–Crippen MR) is 85.8 cm³/mol. The zero-order valence-electron chi connectivity index (χ0n) is 14.1. The van der Waals surface area contributed by atoms with Crippen molar-refractivity contribution in [2.45, 2.75) is 60.0 Å². The topological polar surface area (TPSA) is 47.7 Å². The van der Waals surface area contributed by atoms with E-state index in [9.17, 15) is 0 Å². The minimum Gasteiger partial charge on any atom is -0.310 e. The van der Waals surface area contributed by atoms with Gasteiger partial charge in [-0.25, -0.2) is 4.68 Å². The molecule has 0 unspecified atom stereocenters. The van der Waals surface area contributed by atoms with Gasteiger partial charge in [0, 0.05) is 30.9 Å². The molecule has 0 fully saturated rings. The molecule has 5 heteroatoms. The van der Waals surface area contributed by atoms with Crippen molar-refractivity contribution in [2.24, 2.45) is 7.05 Å². The van der Waals surface area contributed by atoms with Crippen LogP contribution in [0.15, 0.2) is 6.07 Å². The number of rotatable bonds is 6. The molecule has 0 aliphatic carbocycles. The second-order valence-electron chi connectivity index (χ2n) is 5.79. The Labute approximate surface area is 127 Å². The van der Waals surface area contributed by atoms with E-state index in [4.69, 9.17) is 5.10 Å². The van der Waals surface area contributed by atoms with Gasteiger partial charge < -0.3 is 5.32 Å². The summed E-state index contributed by atoms with van der Waals surface area (Å²) in [6.07, 6.45) is 1.92. The summed E-state index contributed by atoms with van der Waals surface area (Å²) in [5, 5.41) is 12.8. The van der Waals surface area contributed by atoms with E-state index in [-0.39, 0.29) is 0 Å². The van der Waals surface area contributed by atoms with Crippen LogP contribution in [0.1, 0.15) is 50.3 Å². The van der Waals surface area contributed by atoms with Crippen LogP contribution in [-0.4, -0.2) is 25.6 Å². The highest BCUT2D eigenvalue weighted by atomic mass is 15.4. The molecular formula is C16H27N5. The van der Waals surface area contributed by atoms with Crippen LogP contribution in [0.25, 0.3) is 5.82 Å². The van der Waals surface area contributed by atoms with Crippen LogP contribution >= 0.6 is 0 Å². The van der Waals surface area contributed by atoms with E-state index in [1.54, 1.807) is 0 Å². The Morgan fingerprint density at radius 2 is 1.90 bits per heavy atom. The Morgan fingerprint density at radius 1 is 1.19 bits per heavy atom. The van der Waals surface area contributed by atoms with Crippen LogP contribution in [-0.2, 0) is 26.4 Å². The molecule has 1 N–H and O–H groups in total. The van der Waals surface area contributed by atoms with E-state index in [0.717, 1.165) is 36.6 Å². The van der Waals surface area contributed by atoms with Crippen LogP contribution in [0, 0.1) is 6.92 Å². The molecule has 0 saturated carbocycles. The fourth-order valence-electron chi connectivity index (χ4n) is 2.55. The van der Waals surface area contributed by atoms with Crippen molar-refractivity contribution in [3.05, 3.63) is 28.7 Å². The van der Waals surface area contributed by atoms with E-state index in [0.29, 0.717) is 6.04 Å². The minimum atomic E-state index is 0.451. The molecule has 0 amide bonds. The maximum atomic E-state index is 4.76. The quantitative estimate of drug-likeness (QED) is 0.889. The van der Waals surface area contributed by atoms with Gasteiger partial charge >= 0.3 is 0 Å². The van der Waals surface area contributed by atoms with Crippen LogP contribution in [0.3, 0.4) is 0 Å². The Kier molecular flexibility index (Phi) is 4.83. The summed E-state index contributed by atoms with van der Waals surface area (Å²) in [5.74, 6) is 1.08. The van der Waals surface area contributed by atoms with E-state index in [2.05, 4.69) is 55.8 Å². The lowest BCUT2D eigenvalue weighted by atomic mass is 10.2. The van der Waals surface area contributed by atoms with Gasteiger partial charge in [-0.2, -0.15) is 10.2 Å². The van der Waals surface area contributed by atoms with E-state index >= 15 is 0 Å². The van der Waals surface area contributed by atoms with Gasteiger partial charge in [0.2, 0.25) is 0 Å². The summed E-state index contributed by atoms with van der Waals surface area (Å²) in [7, 11) is 1.99. The number of nitrogens with zero attached hydrogens (tertiary/aromatic N) is 4. The molecule has 2 aromatic heterocycles. The Balaban J connectivity index is 2.49. The third-order valence-corrected chi connectivity index (χ3v) is 3.76. The number of hydrogen-bond acceptors (Lipinski definition) is 3. The molecule has 0 aliphatic rings. The smallest absolute Gasteiger partial charge is 0.156 e. The van der Waals surface area contributed by atoms with Gasteiger partial charge in [-0.15, -0.1) is 0 Å². The van der Waals surface area contributed by atoms with Crippen LogP contribution in [0.4, 0.5) is 0 Å². The van der Waals surface area contributed by atoms with Crippen molar-refractivity contribution in [2.75, 3.05) is 0 Å². The first-order chi connectivity index (χ1) is 9.97. The third-order valence-electron chi connectivity index (χ3n) is 3.76. The van der Waals surface area contributed by atoms with Crippen molar-refractivity contribution < 1.29 is 0 Å². The van der Waals surface area contributed by atoms with Gasteiger partial charge in [-0.05, 0) is 25.8 Å². The summed E-state index contributed by atoms with van der Waals surface area (Å²) in [6.45, 7) is 11.5. The van der Waals surface area contributed by atoms with Crippen LogP contribution in [0.2, 0.25) is 0 Å². The fourth-order valence-corrected chi connectivity index (χ4v) is 2.55. The molecule has 0 bridgehead atoms. The standard InChI is InChI=1S/C16H27N5/c1-7-13-9-14(8-2)21(19-13)16-15(10-17-11(3)4)12(5)18-20(16)6/h9,11,17H,7-8,10H2,1-6H3. The molecule has 2 rings (SSSR count). The Morgan fingerprint density at radius 3 is 2.48 bits per heavy atom. The molecule has 2 heterocycles. The zero-order chi connectivity index (χ0) is 15.6. The molecule has 0 atom stereocenters. The molecule has 116 valence electrons. The molecule has 0 saturated heterocycles. The number of hydrogen-bond donors (Lipinski definition) is 1. The second-order valence-corrected chi connectivity index (χ2v) is 5.79. The van der Waals surface area contributed by atoms with Crippen LogP contribution < -0.4 is 5.32 Å². The molecule has 0 aromatic carbocycles. The Bertz CT molecular complexity index is 606. The summed E-state index contributed by atoms with van der Waals surface area (Å²) in [5.41, 5.74) is 4.66. The molecule has 21 heavy (non-hydrogen) atoms. The maximum absolute atomic E-state index is 4.76. The molecule has 0 aliphatic heterocycles. The van der Waals surface area contributed by atoms with Gasteiger partial charge in [-0.3, -0.25) is 4.68 Å². The molecule has 5 nitrogen and oxygen atoms in total. The molecule has 2 aromatic rings. The van der Waals surface area contributed by atoms with Crippen molar-refractivity contribution in [3.63, 3.8) is 0 Å². The lowest BCUT2D eigenvalue weighted by molar-refractivity contribution is 0.582. The summed E-state index contributed by atoms with van der Waals surface area (Å²) < 4.78 is 4.01. The zero-order valence-corrected chi connectivity index (χ0v) is 14.1. The summed E-state index contributed by atoms with van der Waals surface area (Å²) in [4.78, 5) is 0. The average molecular weight is 289 g/mol. The van der Waals surface area contributed by atoms with Crippen molar-refractivity contribution in [1.82, 2.24) is 24.9 Å². The number of aromatic nitrogens is 4. The van der Waals surface area contributed by atoms with Crippen LogP contribution in [0.5, 0.6) is 0 Å². The highest BCUT2D eigenvalue weighted by molar-refractivity contribution is 5.39. The highest BCUT2D eigenvalue weighted by Crippen LogP contribution is 2.20. The molecule has 0 radical (unpaired) electrons. The SMILES string of the molecule is CCc1cc(CC)n(-c2c(CNC(C)C)c(C)nn2C)n1. The van der Waals surface area contributed by atoms with Crippen molar-refractivity contribution >= 4 is 0 Å². The van der Waals surface area contributed by atoms with Gasteiger partial charge in [0.15, 0.2) is 5.82 Å². The third kappa shape index (κ3) is 3.18. The fraction of sp³-hybridized carbons (Fsp3) is 0.625. The normalized spacial score (nSPS) is 11.6. The lowest BCUT2D eigenvalue weighted by Gasteiger charge is -2.12. The molecular weight excluding hydrogens is 262 g/mol. The summed E-state index contributed by atoms with van der Waals surface area (Å²) in [6, 6.07) is 2.65. The van der Waals surface area contributed by atoms with E-state index < -0.39 is 0 Å². The van der Waals surface area contributed by atoms with Gasteiger partial charge in [0.25, 0.3) is 0 Å². The first-order valence-electron chi connectivity index (χ1n) is 7.81. The largest absolute Gasteiger partial charge is 0.310 e. The Hall–Kier alpha value is -1.62. The van der Waals surface area contributed by atoms with E-state index in [1.807, 2.05) is 11.7 Å². The maximum Gasteiger partial charge on any atom is 0.156 e. The number of nitrogens with one attached hydrogen (secondary N) is 1. The van der Waals surface area contributed by atoms with Gasteiger partial charge in [0.05, 0.1) is 11.4 Å².